The molecular formula is C20H19NO4. The second kappa shape index (κ2) is 7.21. The van der Waals surface area contributed by atoms with Gasteiger partial charge in [-0.05, 0) is 47.5 Å². The van der Waals surface area contributed by atoms with E-state index in [2.05, 4.69) is 4.99 Å². The van der Waals surface area contributed by atoms with Gasteiger partial charge in [-0.25, -0.2) is 0 Å². The molecule has 0 aromatic heterocycles. The normalized spacial score (nSPS) is 13.6. The number of hydrogen-bond donors (Lipinski definition) is 1. The quantitative estimate of drug-likeness (QED) is 0.877. The summed E-state index contributed by atoms with van der Waals surface area (Å²) in [6.45, 7) is 0.398. The fourth-order valence-electron chi connectivity index (χ4n) is 2.91. The Morgan fingerprint density at radius 2 is 1.48 bits per heavy atom. The smallest absolute Gasteiger partial charge is 0.307 e. The van der Waals surface area contributed by atoms with E-state index in [1.54, 1.807) is 14.2 Å². The molecule has 0 saturated heterocycles. The number of nitrogens with zero attached hydrogens (tertiary/aromatic N) is 1. The van der Waals surface area contributed by atoms with Gasteiger partial charge in [-0.2, -0.15) is 0 Å². The Bertz CT molecular complexity index is 833. The Morgan fingerprint density at radius 3 is 1.96 bits per heavy atom. The van der Waals surface area contributed by atoms with Crippen LogP contribution in [0.5, 0.6) is 11.5 Å². The summed E-state index contributed by atoms with van der Waals surface area (Å²) < 4.78 is 10.4. The monoisotopic (exact) mass is 337 g/mol. The van der Waals surface area contributed by atoms with Gasteiger partial charge < -0.3 is 14.6 Å². The number of ether oxygens (including phenoxy) is 2. The lowest BCUT2D eigenvalue weighted by molar-refractivity contribution is -0.136. The van der Waals surface area contributed by atoms with Crippen molar-refractivity contribution in [2.24, 2.45) is 4.99 Å². The van der Waals surface area contributed by atoms with Crippen LogP contribution in [0.25, 0.3) is 5.57 Å². The van der Waals surface area contributed by atoms with Gasteiger partial charge in [0.2, 0.25) is 0 Å². The van der Waals surface area contributed by atoms with Gasteiger partial charge in [0.1, 0.15) is 11.5 Å². The predicted octanol–water partition coefficient (Wildman–Crippen LogP) is 3.44. The lowest BCUT2D eigenvalue weighted by Crippen LogP contribution is -2.05. The summed E-state index contributed by atoms with van der Waals surface area (Å²) in [6.07, 6.45) is -0.0233. The highest BCUT2D eigenvalue weighted by atomic mass is 16.5. The first-order chi connectivity index (χ1) is 12.1. The second-order valence-electron chi connectivity index (χ2n) is 5.67. The molecule has 3 rings (SSSR count). The summed E-state index contributed by atoms with van der Waals surface area (Å²) in [5, 5.41) is 9.22. The van der Waals surface area contributed by atoms with E-state index in [4.69, 9.17) is 9.47 Å². The molecule has 2 aromatic rings. The van der Waals surface area contributed by atoms with Crippen LogP contribution in [-0.4, -0.2) is 37.6 Å². The van der Waals surface area contributed by atoms with Crippen LogP contribution in [0.3, 0.4) is 0 Å². The highest BCUT2D eigenvalue weighted by Crippen LogP contribution is 2.32. The lowest BCUT2D eigenvalue weighted by Gasteiger charge is -2.11. The minimum atomic E-state index is -0.854. The molecule has 0 bridgehead atoms. The van der Waals surface area contributed by atoms with Crippen LogP contribution in [0.4, 0.5) is 0 Å². The molecule has 5 nitrogen and oxygen atoms in total. The Morgan fingerprint density at radius 1 is 0.960 bits per heavy atom. The second-order valence-corrected chi connectivity index (χ2v) is 5.67. The molecule has 1 aliphatic heterocycles. The van der Waals surface area contributed by atoms with E-state index < -0.39 is 5.97 Å². The van der Waals surface area contributed by atoms with E-state index in [-0.39, 0.29) is 6.42 Å². The molecular weight excluding hydrogens is 318 g/mol. The highest BCUT2D eigenvalue weighted by molar-refractivity contribution is 6.34. The summed E-state index contributed by atoms with van der Waals surface area (Å²) >= 11 is 0. The van der Waals surface area contributed by atoms with Gasteiger partial charge >= 0.3 is 5.97 Å². The number of aliphatic imine (C=N–C) groups is 1. The van der Waals surface area contributed by atoms with Crippen molar-refractivity contribution in [1.29, 1.82) is 0 Å². The van der Waals surface area contributed by atoms with Crippen LogP contribution in [0.2, 0.25) is 0 Å². The molecule has 0 spiro atoms. The SMILES string of the molecule is COc1ccc(C2=NCC(CC(=O)O)=C2c2ccc(OC)cc2)cc1. The standard InChI is InChI=1S/C20H19NO4/c1-24-16-7-3-13(4-8-16)19-15(11-18(22)23)12-21-20(19)14-5-9-17(25-2)10-6-14/h3-10H,11-12H2,1-2H3,(H,22,23). The van der Waals surface area contributed by atoms with Crippen LogP contribution in [0.15, 0.2) is 59.1 Å². The van der Waals surface area contributed by atoms with Crippen molar-refractivity contribution in [3.05, 3.63) is 65.2 Å². The fraction of sp³-hybridized carbons (Fsp3) is 0.200. The lowest BCUT2D eigenvalue weighted by atomic mass is 9.92. The van der Waals surface area contributed by atoms with Crippen LogP contribution < -0.4 is 9.47 Å². The number of carboxylic acid groups (broad SMARTS) is 1. The zero-order valence-corrected chi connectivity index (χ0v) is 14.2. The van der Waals surface area contributed by atoms with E-state index in [0.29, 0.717) is 6.54 Å². The first-order valence-electron chi connectivity index (χ1n) is 7.90. The molecule has 2 aromatic carbocycles. The Kier molecular flexibility index (Phi) is 4.84. The number of benzene rings is 2. The van der Waals surface area contributed by atoms with E-state index in [1.165, 1.54) is 0 Å². The van der Waals surface area contributed by atoms with Crippen molar-refractivity contribution in [2.75, 3.05) is 20.8 Å². The third-order valence-corrected chi connectivity index (χ3v) is 4.13. The average Bonchev–Trinajstić information content (AvgIpc) is 3.04. The van der Waals surface area contributed by atoms with Gasteiger partial charge in [0.05, 0.1) is 32.9 Å². The molecule has 1 heterocycles. The maximum Gasteiger partial charge on any atom is 0.307 e. The number of allylic oxidation sites excluding steroid dienone is 1. The van der Waals surface area contributed by atoms with E-state index >= 15 is 0 Å². The first kappa shape index (κ1) is 16.8. The molecule has 0 amide bonds. The summed E-state index contributed by atoms with van der Waals surface area (Å²) in [4.78, 5) is 15.8. The van der Waals surface area contributed by atoms with E-state index in [1.807, 2.05) is 48.5 Å². The number of aliphatic carboxylic acids is 1. The summed E-state index contributed by atoms with van der Waals surface area (Å²) in [7, 11) is 3.24. The molecule has 0 atom stereocenters. The van der Waals surface area contributed by atoms with Gasteiger partial charge in [0, 0.05) is 11.1 Å². The van der Waals surface area contributed by atoms with E-state index in [9.17, 15) is 9.90 Å². The largest absolute Gasteiger partial charge is 0.497 e. The molecule has 128 valence electrons. The minimum Gasteiger partial charge on any atom is -0.497 e. The van der Waals surface area contributed by atoms with Gasteiger partial charge in [-0.3, -0.25) is 9.79 Å². The Balaban J connectivity index is 2.03. The zero-order valence-electron chi connectivity index (χ0n) is 14.2. The molecule has 0 radical (unpaired) electrons. The molecule has 0 unspecified atom stereocenters. The molecule has 5 heteroatoms. The molecule has 25 heavy (non-hydrogen) atoms. The summed E-state index contributed by atoms with van der Waals surface area (Å²) in [6, 6.07) is 15.2. The van der Waals surface area contributed by atoms with Gasteiger partial charge in [0.15, 0.2) is 0 Å². The van der Waals surface area contributed by atoms with Crippen LogP contribution in [0.1, 0.15) is 17.5 Å². The van der Waals surface area contributed by atoms with Crippen molar-refractivity contribution in [2.45, 2.75) is 6.42 Å². The number of hydrogen-bond acceptors (Lipinski definition) is 4. The average molecular weight is 337 g/mol. The topological polar surface area (TPSA) is 68.1 Å². The van der Waals surface area contributed by atoms with Crippen molar-refractivity contribution in [3.63, 3.8) is 0 Å². The predicted molar refractivity (Wildman–Crippen MR) is 96.6 cm³/mol. The number of methoxy groups -OCH3 is 2. The van der Waals surface area contributed by atoms with Crippen LogP contribution >= 0.6 is 0 Å². The van der Waals surface area contributed by atoms with Gasteiger partial charge in [-0.15, -0.1) is 0 Å². The Hall–Kier alpha value is -3.08. The third-order valence-electron chi connectivity index (χ3n) is 4.13. The molecule has 1 N–H and O–H groups in total. The summed E-state index contributed by atoms with van der Waals surface area (Å²) in [5.41, 5.74) is 4.37. The molecule has 1 aliphatic rings. The number of rotatable bonds is 6. The van der Waals surface area contributed by atoms with Crippen molar-refractivity contribution in [3.8, 4) is 11.5 Å². The molecule has 0 fully saturated rings. The van der Waals surface area contributed by atoms with Crippen molar-refractivity contribution >= 4 is 17.3 Å². The van der Waals surface area contributed by atoms with Crippen LogP contribution in [-0.2, 0) is 4.79 Å². The van der Waals surface area contributed by atoms with Gasteiger partial charge in [-0.1, -0.05) is 12.1 Å². The van der Waals surface area contributed by atoms with E-state index in [0.717, 1.165) is 39.5 Å². The molecule has 0 saturated carbocycles. The molecule has 0 aliphatic carbocycles. The third kappa shape index (κ3) is 3.55. The maximum atomic E-state index is 11.2. The number of carbonyl (C=O) groups is 1. The fourth-order valence-corrected chi connectivity index (χ4v) is 2.91. The number of carboxylic acids is 1. The highest BCUT2D eigenvalue weighted by Gasteiger charge is 2.23. The van der Waals surface area contributed by atoms with Gasteiger partial charge in [0.25, 0.3) is 0 Å². The van der Waals surface area contributed by atoms with Crippen molar-refractivity contribution < 1.29 is 19.4 Å². The maximum absolute atomic E-state index is 11.2. The van der Waals surface area contributed by atoms with Crippen LogP contribution in [0, 0.1) is 0 Å². The zero-order chi connectivity index (χ0) is 17.8. The van der Waals surface area contributed by atoms with Crippen molar-refractivity contribution in [1.82, 2.24) is 0 Å². The first-order valence-corrected chi connectivity index (χ1v) is 7.90. The summed E-state index contributed by atoms with van der Waals surface area (Å²) in [5.74, 6) is 0.667. The minimum absolute atomic E-state index is 0.0233. The Labute approximate surface area is 146 Å².